The topological polar surface area (TPSA) is 38.1 Å². The number of rotatable bonds is 2. The Morgan fingerprint density at radius 1 is 1.24 bits per heavy atom. The smallest absolute Gasteiger partial charge is 0.243 e. The van der Waals surface area contributed by atoms with Gasteiger partial charge in [-0.15, -0.1) is 0 Å². The second-order valence-electron chi connectivity index (χ2n) is 6.16. The number of piperidine rings is 1. The van der Waals surface area contributed by atoms with Crippen molar-refractivity contribution in [1.29, 1.82) is 0 Å². The molecule has 0 aliphatic carbocycles. The highest BCUT2D eigenvalue weighted by atomic mass is 16.2. The molecule has 1 aromatic heterocycles. The van der Waals surface area contributed by atoms with E-state index in [4.69, 9.17) is 0 Å². The summed E-state index contributed by atoms with van der Waals surface area (Å²) >= 11 is 0. The summed E-state index contributed by atoms with van der Waals surface area (Å²) in [6.45, 7) is 6.68. The van der Waals surface area contributed by atoms with Gasteiger partial charge < -0.3 is 9.47 Å². The molecule has 4 nitrogen and oxygen atoms in total. The molecule has 0 N–H and O–H groups in total. The van der Waals surface area contributed by atoms with Gasteiger partial charge in [-0.25, -0.2) is 4.98 Å². The third-order valence-electron chi connectivity index (χ3n) is 4.62. The molecule has 1 saturated heterocycles. The second kappa shape index (κ2) is 5.51. The number of nitrogens with zero attached hydrogens (tertiary/aromatic N) is 3. The molecule has 2 heterocycles. The summed E-state index contributed by atoms with van der Waals surface area (Å²) < 4.78 is 2.03. The highest BCUT2D eigenvalue weighted by molar-refractivity contribution is 5.81. The molecule has 1 aromatic carbocycles. The molecule has 2 atom stereocenters. The zero-order chi connectivity index (χ0) is 15.0. The Hall–Kier alpha value is -1.84. The number of hydrogen-bond acceptors (Lipinski definition) is 2. The van der Waals surface area contributed by atoms with Gasteiger partial charge in [0, 0.05) is 12.1 Å². The number of hydrogen-bond donors (Lipinski definition) is 0. The van der Waals surface area contributed by atoms with Crippen molar-refractivity contribution in [3.05, 3.63) is 30.1 Å². The predicted octanol–water partition coefficient (Wildman–Crippen LogP) is 3.13. The molecular weight excluding hydrogens is 262 g/mol. The van der Waals surface area contributed by atoms with Crippen molar-refractivity contribution in [2.75, 3.05) is 0 Å². The van der Waals surface area contributed by atoms with Crippen molar-refractivity contribution in [2.24, 2.45) is 0 Å². The van der Waals surface area contributed by atoms with E-state index in [0.717, 1.165) is 29.7 Å². The number of imidazole rings is 1. The van der Waals surface area contributed by atoms with E-state index in [1.54, 1.807) is 0 Å². The van der Waals surface area contributed by atoms with Crippen LogP contribution in [0.4, 0.5) is 0 Å². The summed E-state index contributed by atoms with van der Waals surface area (Å²) in [6, 6.07) is 8.70. The van der Waals surface area contributed by atoms with Gasteiger partial charge >= 0.3 is 0 Å². The maximum absolute atomic E-state index is 12.8. The van der Waals surface area contributed by atoms with Gasteiger partial charge in [-0.3, -0.25) is 4.79 Å². The van der Waals surface area contributed by atoms with Gasteiger partial charge in [0.1, 0.15) is 12.4 Å². The molecule has 1 amide bonds. The van der Waals surface area contributed by atoms with Crippen molar-refractivity contribution >= 4 is 16.9 Å². The molecule has 2 aromatic rings. The lowest BCUT2D eigenvalue weighted by molar-refractivity contribution is -0.137. The van der Waals surface area contributed by atoms with Crippen LogP contribution in [-0.2, 0) is 11.3 Å². The molecule has 112 valence electrons. The summed E-state index contributed by atoms with van der Waals surface area (Å²) in [7, 11) is 0. The molecule has 4 heteroatoms. The normalized spacial score (nSPS) is 22.7. The number of para-hydroxylation sites is 2. The maximum Gasteiger partial charge on any atom is 0.243 e. The van der Waals surface area contributed by atoms with E-state index in [0.29, 0.717) is 18.6 Å². The standard InChI is InChI=1S/C17H23N3O/c1-12-7-6-8-13(2)20(12)17(21)11-19-14(3)18-15-9-4-5-10-16(15)19/h4-5,9-10,12-13H,6-8,11H2,1-3H3/t12-,13-/m0/s1. The summed E-state index contributed by atoms with van der Waals surface area (Å²) in [5.41, 5.74) is 2.00. The Morgan fingerprint density at radius 2 is 1.90 bits per heavy atom. The number of amides is 1. The van der Waals surface area contributed by atoms with Crippen LogP contribution in [0, 0.1) is 6.92 Å². The van der Waals surface area contributed by atoms with Crippen molar-refractivity contribution in [1.82, 2.24) is 14.5 Å². The zero-order valence-corrected chi connectivity index (χ0v) is 13.0. The van der Waals surface area contributed by atoms with Gasteiger partial charge in [0.25, 0.3) is 0 Å². The highest BCUT2D eigenvalue weighted by Gasteiger charge is 2.29. The van der Waals surface area contributed by atoms with Crippen molar-refractivity contribution in [2.45, 2.75) is 58.7 Å². The van der Waals surface area contributed by atoms with Crippen LogP contribution in [0.5, 0.6) is 0 Å². The molecule has 0 bridgehead atoms. The number of aromatic nitrogens is 2. The summed E-state index contributed by atoms with van der Waals surface area (Å²) in [5, 5.41) is 0. The summed E-state index contributed by atoms with van der Waals surface area (Å²) in [4.78, 5) is 19.4. The van der Waals surface area contributed by atoms with Gasteiger partial charge in [-0.05, 0) is 52.2 Å². The number of carbonyl (C=O) groups excluding carboxylic acids is 1. The van der Waals surface area contributed by atoms with Crippen LogP contribution in [0.25, 0.3) is 11.0 Å². The molecule has 1 fully saturated rings. The minimum Gasteiger partial charge on any atom is -0.336 e. The van der Waals surface area contributed by atoms with Crippen LogP contribution < -0.4 is 0 Å². The van der Waals surface area contributed by atoms with E-state index >= 15 is 0 Å². The fourth-order valence-electron chi connectivity index (χ4n) is 3.53. The molecule has 21 heavy (non-hydrogen) atoms. The molecule has 1 aliphatic heterocycles. The lowest BCUT2D eigenvalue weighted by Gasteiger charge is -2.39. The number of carbonyl (C=O) groups is 1. The zero-order valence-electron chi connectivity index (χ0n) is 13.0. The minimum atomic E-state index is 0.209. The molecule has 3 rings (SSSR count). The first-order valence-electron chi connectivity index (χ1n) is 7.81. The van der Waals surface area contributed by atoms with Gasteiger partial charge in [-0.1, -0.05) is 12.1 Å². The summed E-state index contributed by atoms with van der Waals surface area (Å²) in [6.07, 6.45) is 3.44. The van der Waals surface area contributed by atoms with Crippen molar-refractivity contribution in [3.8, 4) is 0 Å². The SMILES string of the molecule is Cc1nc2ccccc2n1CC(=O)N1[C@@H](C)CCC[C@@H]1C. The molecular formula is C17H23N3O. The molecule has 0 saturated carbocycles. The predicted molar refractivity (Wildman–Crippen MR) is 84.1 cm³/mol. The Kier molecular flexibility index (Phi) is 3.70. The molecule has 0 radical (unpaired) electrons. The average Bonchev–Trinajstić information content (AvgIpc) is 2.75. The van der Waals surface area contributed by atoms with Gasteiger partial charge in [0.05, 0.1) is 11.0 Å². The van der Waals surface area contributed by atoms with E-state index in [1.807, 2.05) is 35.8 Å². The average molecular weight is 285 g/mol. The van der Waals surface area contributed by atoms with Gasteiger partial charge in [-0.2, -0.15) is 0 Å². The molecule has 1 aliphatic rings. The Bertz CT molecular complexity index is 651. The fraction of sp³-hybridized carbons (Fsp3) is 0.529. The lowest BCUT2D eigenvalue weighted by Crippen LogP contribution is -2.48. The van der Waals surface area contributed by atoms with E-state index in [9.17, 15) is 4.79 Å². The maximum atomic E-state index is 12.8. The molecule has 0 spiro atoms. The van der Waals surface area contributed by atoms with Gasteiger partial charge in [0.2, 0.25) is 5.91 Å². The van der Waals surface area contributed by atoms with Crippen LogP contribution in [0.1, 0.15) is 38.9 Å². The third-order valence-corrected chi connectivity index (χ3v) is 4.62. The third kappa shape index (κ3) is 2.55. The lowest BCUT2D eigenvalue weighted by atomic mass is 9.97. The number of likely N-dealkylation sites (tertiary alicyclic amines) is 1. The highest BCUT2D eigenvalue weighted by Crippen LogP contribution is 2.24. The quantitative estimate of drug-likeness (QED) is 0.850. The van der Waals surface area contributed by atoms with E-state index in [-0.39, 0.29) is 5.91 Å². The van der Waals surface area contributed by atoms with Crippen LogP contribution in [0.15, 0.2) is 24.3 Å². The van der Waals surface area contributed by atoms with E-state index in [2.05, 4.69) is 23.7 Å². The largest absolute Gasteiger partial charge is 0.336 e. The van der Waals surface area contributed by atoms with Crippen LogP contribution >= 0.6 is 0 Å². The van der Waals surface area contributed by atoms with Crippen molar-refractivity contribution in [3.63, 3.8) is 0 Å². The number of fused-ring (bicyclic) bond motifs is 1. The number of aryl methyl sites for hydroxylation is 1. The fourth-order valence-corrected chi connectivity index (χ4v) is 3.53. The van der Waals surface area contributed by atoms with E-state index in [1.165, 1.54) is 6.42 Å². The van der Waals surface area contributed by atoms with Crippen molar-refractivity contribution < 1.29 is 4.79 Å². The first kappa shape index (κ1) is 14.1. The minimum absolute atomic E-state index is 0.209. The summed E-state index contributed by atoms with van der Waals surface area (Å²) in [5.74, 6) is 1.11. The Morgan fingerprint density at radius 3 is 2.62 bits per heavy atom. The molecule has 0 unspecified atom stereocenters. The number of benzene rings is 1. The Labute approximate surface area is 125 Å². The Balaban J connectivity index is 1.88. The van der Waals surface area contributed by atoms with Crippen LogP contribution in [-0.4, -0.2) is 32.4 Å². The first-order chi connectivity index (χ1) is 10.1. The van der Waals surface area contributed by atoms with Crippen LogP contribution in [0.2, 0.25) is 0 Å². The van der Waals surface area contributed by atoms with Crippen LogP contribution in [0.3, 0.4) is 0 Å². The monoisotopic (exact) mass is 285 g/mol. The second-order valence-corrected chi connectivity index (χ2v) is 6.16. The van der Waals surface area contributed by atoms with E-state index < -0.39 is 0 Å². The van der Waals surface area contributed by atoms with Gasteiger partial charge in [0.15, 0.2) is 0 Å². The first-order valence-corrected chi connectivity index (χ1v) is 7.81.